The Bertz CT molecular complexity index is 496. The number of nitrogens with zero attached hydrogens (tertiary/aromatic N) is 3. The molecule has 0 amide bonds. The van der Waals surface area contributed by atoms with E-state index in [4.69, 9.17) is 5.73 Å². The highest BCUT2D eigenvalue weighted by Gasteiger charge is 2.06. The zero-order valence-corrected chi connectivity index (χ0v) is 9.95. The molecule has 0 spiro atoms. The van der Waals surface area contributed by atoms with E-state index in [0.717, 1.165) is 5.56 Å². The highest BCUT2D eigenvalue weighted by molar-refractivity contribution is 7.98. The van der Waals surface area contributed by atoms with Crippen molar-refractivity contribution in [3.05, 3.63) is 30.1 Å². The van der Waals surface area contributed by atoms with Crippen LogP contribution < -0.4 is 5.73 Å². The van der Waals surface area contributed by atoms with E-state index >= 15 is 0 Å². The zero-order chi connectivity index (χ0) is 11.5. The normalized spacial score (nSPS) is 10.4. The first-order valence-electron chi connectivity index (χ1n) is 4.82. The van der Waals surface area contributed by atoms with Gasteiger partial charge in [-0.1, -0.05) is 12.1 Å². The first-order valence-corrected chi connectivity index (χ1v) is 6.04. The van der Waals surface area contributed by atoms with Gasteiger partial charge in [0, 0.05) is 10.5 Å². The lowest BCUT2D eigenvalue weighted by Gasteiger charge is -2.04. The Morgan fingerprint density at radius 2 is 1.81 bits per heavy atom. The molecular formula is C11H12N4S. The van der Waals surface area contributed by atoms with Crippen LogP contribution in [0.1, 0.15) is 5.82 Å². The molecule has 0 radical (unpaired) electrons. The molecule has 2 N–H and O–H groups in total. The molecule has 1 aromatic carbocycles. The van der Waals surface area contributed by atoms with Crippen LogP contribution in [0.3, 0.4) is 0 Å². The van der Waals surface area contributed by atoms with E-state index < -0.39 is 0 Å². The second-order valence-corrected chi connectivity index (χ2v) is 4.20. The molecule has 0 aliphatic carbocycles. The summed E-state index contributed by atoms with van der Waals surface area (Å²) in [6.07, 6.45) is 2.04. The standard InChI is InChI=1S/C11H12N4S/c1-7-13-11(12)10(15-14-7)8-3-5-9(16-2)6-4-8/h3-6H,1-2H3,(H2,12,13,14). The van der Waals surface area contributed by atoms with Crippen LogP contribution in [0.2, 0.25) is 0 Å². The largest absolute Gasteiger partial charge is 0.382 e. The Hall–Kier alpha value is -1.62. The number of nitrogen functional groups attached to an aromatic ring is 1. The molecular weight excluding hydrogens is 220 g/mol. The highest BCUT2D eigenvalue weighted by atomic mass is 32.2. The monoisotopic (exact) mass is 232 g/mol. The lowest BCUT2D eigenvalue weighted by molar-refractivity contribution is 0.920. The first kappa shape index (κ1) is 10.9. The van der Waals surface area contributed by atoms with Gasteiger partial charge in [-0.3, -0.25) is 0 Å². The summed E-state index contributed by atoms with van der Waals surface area (Å²) >= 11 is 1.70. The minimum Gasteiger partial charge on any atom is -0.382 e. The van der Waals surface area contributed by atoms with Crippen molar-refractivity contribution in [2.24, 2.45) is 0 Å². The summed E-state index contributed by atoms with van der Waals surface area (Å²) in [7, 11) is 0. The molecule has 82 valence electrons. The maximum Gasteiger partial charge on any atom is 0.154 e. The van der Waals surface area contributed by atoms with E-state index in [1.54, 1.807) is 18.7 Å². The summed E-state index contributed by atoms with van der Waals surface area (Å²) in [6.45, 7) is 1.77. The number of hydrogen-bond acceptors (Lipinski definition) is 5. The third-order valence-corrected chi connectivity index (χ3v) is 2.93. The van der Waals surface area contributed by atoms with Crippen molar-refractivity contribution in [2.75, 3.05) is 12.0 Å². The SMILES string of the molecule is CSc1ccc(-c2nnc(C)nc2N)cc1. The van der Waals surface area contributed by atoms with Crippen LogP contribution in [0.5, 0.6) is 0 Å². The Labute approximate surface area is 98.3 Å². The molecule has 4 nitrogen and oxygen atoms in total. The Kier molecular flexibility index (Phi) is 3.05. The van der Waals surface area contributed by atoms with Gasteiger partial charge < -0.3 is 5.73 Å². The van der Waals surface area contributed by atoms with Crippen molar-refractivity contribution in [3.63, 3.8) is 0 Å². The molecule has 2 rings (SSSR count). The fourth-order valence-corrected chi connectivity index (χ4v) is 1.79. The first-order chi connectivity index (χ1) is 7.70. The molecule has 0 aliphatic rings. The van der Waals surface area contributed by atoms with Crippen LogP contribution in [0.4, 0.5) is 5.82 Å². The van der Waals surface area contributed by atoms with Crippen molar-refractivity contribution in [3.8, 4) is 11.3 Å². The maximum absolute atomic E-state index is 5.81. The van der Waals surface area contributed by atoms with Crippen molar-refractivity contribution >= 4 is 17.6 Å². The van der Waals surface area contributed by atoms with Crippen LogP contribution in [0.25, 0.3) is 11.3 Å². The van der Waals surface area contributed by atoms with Gasteiger partial charge in [0.2, 0.25) is 0 Å². The van der Waals surface area contributed by atoms with Crippen LogP contribution >= 0.6 is 11.8 Å². The maximum atomic E-state index is 5.81. The summed E-state index contributed by atoms with van der Waals surface area (Å²) in [6, 6.07) is 8.01. The molecule has 2 aromatic rings. The second kappa shape index (κ2) is 4.49. The minimum absolute atomic E-state index is 0.421. The summed E-state index contributed by atoms with van der Waals surface area (Å²) in [4.78, 5) is 5.30. The van der Waals surface area contributed by atoms with Gasteiger partial charge in [-0.05, 0) is 25.3 Å². The molecule has 1 aromatic heterocycles. The van der Waals surface area contributed by atoms with Crippen LogP contribution in [0, 0.1) is 6.92 Å². The second-order valence-electron chi connectivity index (χ2n) is 3.32. The van der Waals surface area contributed by atoms with Gasteiger partial charge in [-0.2, -0.15) is 0 Å². The molecule has 5 heteroatoms. The number of aryl methyl sites for hydroxylation is 1. The number of nitrogens with two attached hydrogens (primary N) is 1. The van der Waals surface area contributed by atoms with Gasteiger partial charge in [0.25, 0.3) is 0 Å². The summed E-state index contributed by atoms with van der Waals surface area (Å²) in [5.74, 6) is 1.01. The van der Waals surface area contributed by atoms with Crippen molar-refractivity contribution in [1.82, 2.24) is 15.2 Å². The predicted octanol–water partition coefficient (Wildman–Crippen LogP) is 2.15. The van der Waals surface area contributed by atoms with Gasteiger partial charge >= 0.3 is 0 Å². The summed E-state index contributed by atoms with van der Waals surface area (Å²) in [5.41, 5.74) is 7.38. The number of rotatable bonds is 2. The summed E-state index contributed by atoms with van der Waals surface area (Å²) < 4.78 is 0. The van der Waals surface area contributed by atoms with Crippen molar-refractivity contribution < 1.29 is 0 Å². The van der Waals surface area contributed by atoms with Crippen LogP contribution in [0.15, 0.2) is 29.2 Å². The molecule has 0 aliphatic heterocycles. The molecule has 0 bridgehead atoms. The van der Waals surface area contributed by atoms with E-state index in [1.165, 1.54) is 4.90 Å². The van der Waals surface area contributed by atoms with E-state index in [0.29, 0.717) is 17.3 Å². The Morgan fingerprint density at radius 3 is 2.38 bits per heavy atom. The van der Waals surface area contributed by atoms with Gasteiger partial charge in [0.15, 0.2) is 5.82 Å². The third kappa shape index (κ3) is 2.14. The third-order valence-electron chi connectivity index (χ3n) is 2.18. The zero-order valence-electron chi connectivity index (χ0n) is 9.14. The molecule has 0 atom stereocenters. The topological polar surface area (TPSA) is 64.7 Å². The van der Waals surface area contributed by atoms with Gasteiger partial charge in [-0.25, -0.2) is 4.98 Å². The fourth-order valence-electron chi connectivity index (χ4n) is 1.38. The quantitative estimate of drug-likeness (QED) is 0.804. The fraction of sp³-hybridized carbons (Fsp3) is 0.182. The number of thioether (sulfide) groups is 1. The molecule has 1 heterocycles. The number of benzene rings is 1. The lowest BCUT2D eigenvalue weighted by atomic mass is 10.1. The predicted molar refractivity (Wildman–Crippen MR) is 66.2 cm³/mol. The van der Waals surface area contributed by atoms with E-state index in [1.807, 2.05) is 30.5 Å². The van der Waals surface area contributed by atoms with E-state index in [2.05, 4.69) is 15.2 Å². The van der Waals surface area contributed by atoms with Gasteiger partial charge in [0.1, 0.15) is 11.5 Å². The smallest absolute Gasteiger partial charge is 0.154 e. The van der Waals surface area contributed by atoms with Gasteiger partial charge in [-0.15, -0.1) is 22.0 Å². The lowest BCUT2D eigenvalue weighted by Crippen LogP contribution is -2.01. The molecule has 0 fully saturated rings. The van der Waals surface area contributed by atoms with Crippen LogP contribution in [-0.2, 0) is 0 Å². The average molecular weight is 232 g/mol. The summed E-state index contributed by atoms with van der Waals surface area (Å²) in [5, 5.41) is 7.97. The van der Waals surface area contributed by atoms with E-state index in [-0.39, 0.29) is 0 Å². The number of hydrogen-bond donors (Lipinski definition) is 1. The highest BCUT2D eigenvalue weighted by Crippen LogP contribution is 2.23. The van der Waals surface area contributed by atoms with Crippen molar-refractivity contribution in [1.29, 1.82) is 0 Å². The van der Waals surface area contributed by atoms with Crippen molar-refractivity contribution in [2.45, 2.75) is 11.8 Å². The molecule has 0 unspecified atom stereocenters. The number of anilines is 1. The molecule has 0 saturated heterocycles. The van der Waals surface area contributed by atoms with E-state index in [9.17, 15) is 0 Å². The Balaban J connectivity index is 2.42. The van der Waals surface area contributed by atoms with Gasteiger partial charge in [0.05, 0.1) is 0 Å². The average Bonchev–Trinajstić information content (AvgIpc) is 2.29. The molecule has 0 saturated carbocycles. The minimum atomic E-state index is 0.421. The molecule has 16 heavy (non-hydrogen) atoms. The van der Waals surface area contributed by atoms with Crippen LogP contribution in [-0.4, -0.2) is 21.4 Å². The number of aromatic nitrogens is 3. The Morgan fingerprint density at radius 1 is 1.12 bits per heavy atom.